The van der Waals surface area contributed by atoms with E-state index >= 15 is 0 Å². The van der Waals surface area contributed by atoms with Crippen LogP contribution in [-0.2, 0) is 0 Å². The Bertz CT molecular complexity index is 791. The molecule has 144 valence electrons. The number of nitrogens with zero attached hydrogens (tertiary/aromatic N) is 1. The molecule has 2 N–H and O–H groups in total. The van der Waals surface area contributed by atoms with Gasteiger partial charge < -0.3 is 24.7 Å². The highest BCUT2D eigenvalue weighted by atomic mass is 16.5. The van der Waals surface area contributed by atoms with E-state index in [0.29, 0.717) is 40.6 Å². The Balaban J connectivity index is 2.22. The molecule has 0 atom stereocenters. The molecule has 0 bridgehead atoms. The van der Waals surface area contributed by atoms with Gasteiger partial charge in [0.15, 0.2) is 11.5 Å². The van der Waals surface area contributed by atoms with Crippen LogP contribution >= 0.6 is 0 Å². The molecule has 27 heavy (non-hydrogen) atoms. The zero-order valence-corrected chi connectivity index (χ0v) is 15.9. The van der Waals surface area contributed by atoms with Crippen molar-refractivity contribution in [3.05, 3.63) is 47.5 Å². The van der Waals surface area contributed by atoms with Crippen molar-refractivity contribution in [1.29, 1.82) is 0 Å². The highest BCUT2D eigenvalue weighted by Gasteiger charge is 2.17. The van der Waals surface area contributed by atoms with Gasteiger partial charge in [-0.25, -0.2) is 0 Å². The van der Waals surface area contributed by atoms with Crippen molar-refractivity contribution < 1.29 is 24.2 Å². The minimum atomic E-state index is -0.313. The van der Waals surface area contributed by atoms with E-state index in [1.807, 2.05) is 6.92 Å². The number of anilines is 1. The van der Waals surface area contributed by atoms with Gasteiger partial charge in [-0.2, -0.15) is 0 Å². The third-order valence-corrected chi connectivity index (χ3v) is 4.01. The lowest BCUT2D eigenvalue weighted by Crippen LogP contribution is -2.13. The molecule has 0 saturated carbocycles. The number of amides is 1. The first-order valence-corrected chi connectivity index (χ1v) is 8.50. The van der Waals surface area contributed by atoms with Crippen LogP contribution in [0.15, 0.2) is 41.6 Å². The van der Waals surface area contributed by atoms with Gasteiger partial charge in [0, 0.05) is 11.3 Å². The van der Waals surface area contributed by atoms with E-state index in [-0.39, 0.29) is 5.91 Å². The van der Waals surface area contributed by atoms with Crippen LogP contribution in [0.1, 0.15) is 35.7 Å². The Labute approximate surface area is 158 Å². The van der Waals surface area contributed by atoms with E-state index in [4.69, 9.17) is 19.4 Å². The lowest BCUT2D eigenvalue weighted by Gasteiger charge is -2.14. The summed E-state index contributed by atoms with van der Waals surface area (Å²) in [7, 11) is 4.49. The monoisotopic (exact) mass is 372 g/mol. The van der Waals surface area contributed by atoms with E-state index in [9.17, 15) is 4.79 Å². The lowest BCUT2D eigenvalue weighted by atomic mass is 10.1. The smallest absolute Gasteiger partial charge is 0.255 e. The highest BCUT2D eigenvalue weighted by molar-refractivity contribution is 6.05. The molecule has 2 rings (SSSR count). The number of rotatable bonds is 8. The molecule has 2 aromatic carbocycles. The summed E-state index contributed by atoms with van der Waals surface area (Å²) in [6.07, 6.45) is 1.55. The number of benzene rings is 2. The zero-order chi connectivity index (χ0) is 19.8. The van der Waals surface area contributed by atoms with Crippen LogP contribution in [0.25, 0.3) is 0 Å². The van der Waals surface area contributed by atoms with Crippen molar-refractivity contribution in [1.82, 2.24) is 0 Å². The third-order valence-electron chi connectivity index (χ3n) is 4.01. The number of oxime groups is 1. The quantitative estimate of drug-likeness (QED) is 0.416. The van der Waals surface area contributed by atoms with E-state index in [0.717, 1.165) is 12.0 Å². The van der Waals surface area contributed by atoms with Gasteiger partial charge in [0.05, 0.1) is 27.0 Å². The summed E-state index contributed by atoms with van der Waals surface area (Å²) >= 11 is 0. The van der Waals surface area contributed by atoms with Crippen molar-refractivity contribution in [2.75, 3.05) is 26.6 Å². The fourth-order valence-corrected chi connectivity index (χ4v) is 2.65. The number of carbonyl (C=O) groups is 1. The topological polar surface area (TPSA) is 89.4 Å². The molecule has 0 aliphatic carbocycles. The Morgan fingerprint density at radius 3 is 2.04 bits per heavy atom. The van der Waals surface area contributed by atoms with Gasteiger partial charge in [0.2, 0.25) is 5.75 Å². The summed E-state index contributed by atoms with van der Waals surface area (Å²) in [6, 6.07) is 10.3. The largest absolute Gasteiger partial charge is 0.493 e. The van der Waals surface area contributed by atoms with Crippen molar-refractivity contribution in [3.8, 4) is 17.2 Å². The Kier molecular flexibility index (Phi) is 7.05. The van der Waals surface area contributed by atoms with Gasteiger partial charge in [0.25, 0.3) is 5.91 Å². The second-order valence-corrected chi connectivity index (χ2v) is 5.74. The molecule has 0 saturated heterocycles. The minimum Gasteiger partial charge on any atom is -0.493 e. The van der Waals surface area contributed by atoms with Gasteiger partial charge in [-0.15, -0.1) is 0 Å². The SMILES string of the molecule is CCC/C(=N\O)c1ccc(NC(=O)c2cc(OC)c(OC)c(OC)c2)cc1. The summed E-state index contributed by atoms with van der Waals surface area (Å²) in [5.41, 5.74) is 2.41. The third kappa shape index (κ3) is 4.69. The molecule has 2 aromatic rings. The second kappa shape index (κ2) is 9.47. The molecular formula is C20H24N2O5. The van der Waals surface area contributed by atoms with E-state index in [1.54, 1.807) is 36.4 Å². The van der Waals surface area contributed by atoms with Crippen molar-refractivity contribution in [2.24, 2.45) is 5.16 Å². The average molecular weight is 372 g/mol. The Morgan fingerprint density at radius 1 is 1.00 bits per heavy atom. The number of nitrogens with one attached hydrogen (secondary N) is 1. The van der Waals surface area contributed by atoms with Crippen LogP contribution in [0.2, 0.25) is 0 Å². The predicted molar refractivity (Wildman–Crippen MR) is 104 cm³/mol. The Morgan fingerprint density at radius 2 is 1.59 bits per heavy atom. The van der Waals surface area contributed by atoms with Gasteiger partial charge in [-0.3, -0.25) is 4.79 Å². The first kappa shape index (κ1) is 20.1. The van der Waals surface area contributed by atoms with Crippen molar-refractivity contribution in [2.45, 2.75) is 19.8 Å². The summed E-state index contributed by atoms with van der Waals surface area (Å²) < 4.78 is 15.8. The Hall–Kier alpha value is -3.22. The molecular weight excluding hydrogens is 348 g/mol. The molecule has 0 aliphatic rings. The molecule has 1 amide bonds. The van der Waals surface area contributed by atoms with E-state index in [1.165, 1.54) is 21.3 Å². The summed E-state index contributed by atoms with van der Waals surface area (Å²) in [5.74, 6) is 0.917. The molecule has 0 unspecified atom stereocenters. The van der Waals surface area contributed by atoms with Crippen molar-refractivity contribution in [3.63, 3.8) is 0 Å². The standard InChI is InChI=1S/C20H24N2O5/c1-5-6-16(22-24)13-7-9-15(10-8-13)21-20(23)14-11-17(25-2)19(27-4)18(12-14)26-3/h7-12,24H,5-6H2,1-4H3,(H,21,23)/b22-16+. The molecule has 0 fully saturated rings. The van der Waals surface area contributed by atoms with Gasteiger partial charge in [-0.05, 0) is 36.2 Å². The number of hydrogen-bond donors (Lipinski definition) is 2. The number of hydrogen-bond acceptors (Lipinski definition) is 6. The molecule has 7 nitrogen and oxygen atoms in total. The molecule has 7 heteroatoms. The molecule has 0 radical (unpaired) electrons. The highest BCUT2D eigenvalue weighted by Crippen LogP contribution is 2.38. The van der Waals surface area contributed by atoms with Gasteiger partial charge >= 0.3 is 0 Å². The van der Waals surface area contributed by atoms with Crippen LogP contribution in [0.3, 0.4) is 0 Å². The molecule has 0 aliphatic heterocycles. The number of ether oxygens (including phenoxy) is 3. The molecule has 0 heterocycles. The predicted octanol–water partition coefficient (Wildman–Crippen LogP) is 3.94. The molecule has 0 spiro atoms. The fraction of sp³-hybridized carbons (Fsp3) is 0.300. The maximum absolute atomic E-state index is 12.6. The first-order chi connectivity index (χ1) is 13.1. The summed E-state index contributed by atoms with van der Waals surface area (Å²) in [4.78, 5) is 12.6. The van der Waals surface area contributed by atoms with E-state index < -0.39 is 0 Å². The number of carbonyl (C=O) groups excluding carboxylic acids is 1. The maximum atomic E-state index is 12.6. The maximum Gasteiger partial charge on any atom is 0.255 e. The summed E-state index contributed by atoms with van der Waals surface area (Å²) in [5, 5.41) is 15.3. The zero-order valence-electron chi connectivity index (χ0n) is 15.9. The molecule has 0 aromatic heterocycles. The fourth-order valence-electron chi connectivity index (χ4n) is 2.65. The second-order valence-electron chi connectivity index (χ2n) is 5.74. The minimum absolute atomic E-state index is 0.313. The van der Waals surface area contributed by atoms with Crippen molar-refractivity contribution >= 4 is 17.3 Å². The van der Waals surface area contributed by atoms with Crippen LogP contribution in [0.5, 0.6) is 17.2 Å². The average Bonchev–Trinajstić information content (AvgIpc) is 2.71. The van der Waals surface area contributed by atoms with Gasteiger partial charge in [0.1, 0.15) is 0 Å². The van der Waals surface area contributed by atoms with Gasteiger partial charge in [-0.1, -0.05) is 30.6 Å². The van der Waals surface area contributed by atoms with E-state index in [2.05, 4.69) is 10.5 Å². The van der Waals surface area contributed by atoms with Crippen LogP contribution < -0.4 is 19.5 Å². The number of methoxy groups -OCH3 is 3. The van der Waals surface area contributed by atoms with Crippen LogP contribution in [0.4, 0.5) is 5.69 Å². The van der Waals surface area contributed by atoms with Crippen LogP contribution in [-0.4, -0.2) is 38.2 Å². The van der Waals surface area contributed by atoms with Crippen LogP contribution in [0, 0.1) is 0 Å². The summed E-state index contributed by atoms with van der Waals surface area (Å²) in [6.45, 7) is 2.01. The lowest BCUT2D eigenvalue weighted by molar-refractivity contribution is 0.102. The normalized spacial score (nSPS) is 11.0. The first-order valence-electron chi connectivity index (χ1n) is 8.50.